The van der Waals surface area contributed by atoms with Gasteiger partial charge in [0.1, 0.15) is 12.9 Å². The predicted molar refractivity (Wildman–Crippen MR) is 67.7 cm³/mol. The standard InChI is InChI=1S/C11H9ClF3N5O/c1-19(10(21)5-20-6-16-17-18-20)9-3-2-7(4-8(9)12)11(13,14)15/h2-4,6H,5H2,1H3. The first-order valence-electron chi connectivity index (χ1n) is 5.63. The third kappa shape index (κ3) is 3.48. The van der Waals surface area contributed by atoms with E-state index in [2.05, 4.69) is 15.5 Å². The molecule has 21 heavy (non-hydrogen) atoms. The molecule has 0 unspecified atom stereocenters. The quantitative estimate of drug-likeness (QED) is 0.868. The van der Waals surface area contributed by atoms with Crippen molar-refractivity contribution in [3.8, 4) is 0 Å². The summed E-state index contributed by atoms with van der Waals surface area (Å²) in [6.07, 6.45) is -3.24. The maximum atomic E-state index is 12.5. The summed E-state index contributed by atoms with van der Waals surface area (Å²) in [5.74, 6) is -0.427. The second-order valence-corrected chi connectivity index (χ2v) is 4.53. The van der Waals surface area contributed by atoms with Gasteiger partial charge in [-0.15, -0.1) is 5.10 Å². The van der Waals surface area contributed by atoms with Crippen LogP contribution in [-0.2, 0) is 17.5 Å². The molecule has 1 heterocycles. The molecule has 0 saturated heterocycles. The molecule has 112 valence electrons. The minimum absolute atomic E-state index is 0.152. The lowest BCUT2D eigenvalue weighted by atomic mass is 10.2. The molecular formula is C11H9ClF3N5O. The van der Waals surface area contributed by atoms with Crippen molar-refractivity contribution in [2.45, 2.75) is 12.7 Å². The minimum atomic E-state index is -4.49. The summed E-state index contributed by atoms with van der Waals surface area (Å²) in [4.78, 5) is 13.1. The molecule has 1 aromatic heterocycles. The number of benzene rings is 1. The molecule has 0 fully saturated rings. The summed E-state index contributed by atoms with van der Waals surface area (Å²) in [6, 6.07) is 2.78. The molecular weight excluding hydrogens is 311 g/mol. The van der Waals surface area contributed by atoms with Gasteiger partial charge in [0.2, 0.25) is 5.91 Å². The summed E-state index contributed by atoms with van der Waals surface area (Å²) in [6.45, 7) is -0.152. The van der Waals surface area contributed by atoms with Crippen LogP contribution in [0.15, 0.2) is 24.5 Å². The van der Waals surface area contributed by atoms with E-state index in [1.807, 2.05) is 0 Å². The van der Waals surface area contributed by atoms with E-state index in [4.69, 9.17) is 11.6 Å². The second kappa shape index (κ2) is 5.68. The third-order valence-corrected chi connectivity index (χ3v) is 3.00. The zero-order chi connectivity index (χ0) is 15.6. The van der Waals surface area contributed by atoms with Crippen LogP contribution in [0.2, 0.25) is 5.02 Å². The lowest BCUT2D eigenvalue weighted by molar-refractivity contribution is -0.137. The van der Waals surface area contributed by atoms with Crippen LogP contribution >= 0.6 is 11.6 Å². The molecule has 1 aromatic carbocycles. The number of hydrogen-bond donors (Lipinski definition) is 0. The van der Waals surface area contributed by atoms with Gasteiger partial charge in [0.15, 0.2) is 0 Å². The smallest absolute Gasteiger partial charge is 0.312 e. The van der Waals surface area contributed by atoms with E-state index in [1.54, 1.807) is 0 Å². The highest BCUT2D eigenvalue weighted by molar-refractivity contribution is 6.33. The number of anilines is 1. The van der Waals surface area contributed by atoms with Crippen molar-refractivity contribution >= 4 is 23.2 Å². The number of amides is 1. The largest absolute Gasteiger partial charge is 0.416 e. The number of aromatic nitrogens is 4. The maximum absolute atomic E-state index is 12.5. The summed E-state index contributed by atoms with van der Waals surface area (Å²) in [5.41, 5.74) is -0.708. The number of rotatable bonds is 3. The monoisotopic (exact) mass is 319 g/mol. The Morgan fingerprint density at radius 1 is 1.43 bits per heavy atom. The molecule has 0 aliphatic rings. The first kappa shape index (κ1) is 15.2. The van der Waals surface area contributed by atoms with Gasteiger partial charge in [0.05, 0.1) is 16.3 Å². The maximum Gasteiger partial charge on any atom is 0.416 e. The van der Waals surface area contributed by atoms with E-state index in [1.165, 1.54) is 18.1 Å². The van der Waals surface area contributed by atoms with Crippen LogP contribution in [0.1, 0.15) is 5.56 Å². The summed E-state index contributed by atoms with van der Waals surface area (Å²) < 4.78 is 38.8. The fourth-order valence-electron chi connectivity index (χ4n) is 1.59. The number of carbonyl (C=O) groups is 1. The van der Waals surface area contributed by atoms with Gasteiger partial charge in [-0.05, 0) is 28.6 Å². The molecule has 2 aromatic rings. The molecule has 0 N–H and O–H groups in total. The van der Waals surface area contributed by atoms with E-state index in [9.17, 15) is 18.0 Å². The van der Waals surface area contributed by atoms with Crippen molar-refractivity contribution in [1.29, 1.82) is 0 Å². The van der Waals surface area contributed by atoms with E-state index in [0.717, 1.165) is 23.1 Å². The molecule has 6 nitrogen and oxygen atoms in total. The molecule has 10 heteroatoms. The van der Waals surface area contributed by atoms with Crippen LogP contribution in [0.4, 0.5) is 18.9 Å². The van der Waals surface area contributed by atoms with Gasteiger partial charge >= 0.3 is 6.18 Å². The van der Waals surface area contributed by atoms with Crippen LogP contribution in [0.3, 0.4) is 0 Å². The topological polar surface area (TPSA) is 63.9 Å². The summed E-state index contributed by atoms with van der Waals surface area (Å²) in [7, 11) is 1.40. The van der Waals surface area contributed by atoms with E-state index < -0.39 is 17.6 Å². The first-order chi connectivity index (χ1) is 9.79. The Morgan fingerprint density at radius 2 is 2.14 bits per heavy atom. The Labute approximate surface area is 122 Å². The van der Waals surface area contributed by atoms with Gasteiger partial charge < -0.3 is 4.90 Å². The van der Waals surface area contributed by atoms with Gasteiger partial charge in [-0.25, -0.2) is 4.68 Å². The molecule has 0 bridgehead atoms. The van der Waals surface area contributed by atoms with Crippen LogP contribution in [0, 0.1) is 0 Å². The Kier molecular flexibility index (Phi) is 4.12. The average Bonchev–Trinajstić information content (AvgIpc) is 2.89. The molecule has 2 rings (SSSR count). The lowest BCUT2D eigenvalue weighted by Crippen LogP contribution is -2.30. The van der Waals surface area contributed by atoms with Crippen molar-refractivity contribution in [3.05, 3.63) is 35.1 Å². The number of nitrogens with zero attached hydrogens (tertiary/aromatic N) is 5. The fourth-order valence-corrected chi connectivity index (χ4v) is 1.89. The van der Waals surface area contributed by atoms with Crippen molar-refractivity contribution in [2.75, 3.05) is 11.9 Å². The highest BCUT2D eigenvalue weighted by Gasteiger charge is 2.31. The number of alkyl halides is 3. The number of carbonyl (C=O) groups excluding carboxylic acids is 1. The molecule has 0 radical (unpaired) electrons. The minimum Gasteiger partial charge on any atom is -0.312 e. The summed E-state index contributed by atoms with van der Waals surface area (Å²) in [5, 5.41) is 10.1. The van der Waals surface area contributed by atoms with E-state index in [-0.39, 0.29) is 17.3 Å². The number of likely N-dealkylation sites (N-methyl/N-ethyl adjacent to an activating group) is 1. The normalized spacial score (nSPS) is 11.5. The number of hydrogen-bond acceptors (Lipinski definition) is 4. The van der Waals surface area contributed by atoms with Gasteiger partial charge in [0, 0.05) is 7.05 Å². The van der Waals surface area contributed by atoms with Gasteiger partial charge in [-0.2, -0.15) is 13.2 Å². The number of halogens is 4. The molecule has 0 spiro atoms. The molecule has 0 aliphatic heterocycles. The first-order valence-corrected chi connectivity index (χ1v) is 6.01. The fraction of sp³-hybridized carbons (Fsp3) is 0.273. The SMILES string of the molecule is CN(C(=O)Cn1cnnn1)c1ccc(C(F)(F)F)cc1Cl. The average molecular weight is 320 g/mol. The highest BCUT2D eigenvalue weighted by atomic mass is 35.5. The van der Waals surface area contributed by atoms with Gasteiger partial charge in [0.25, 0.3) is 0 Å². The van der Waals surface area contributed by atoms with E-state index >= 15 is 0 Å². The predicted octanol–water partition coefficient (Wildman–Crippen LogP) is 2.01. The summed E-state index contributed by atoms with van der Waals surface area (Å²) >= 11 is 5.82. The van der Waals surface area contributed by atoms with Crippen LogP contribution in [-0.4, -0.2) is 33.2 Å². The Morgan fingerprint density at radius 3 is 2.67 bits per heavy atom. The van der Waals surface area contributed by atoms with E-state index in [0.29, 0.717) is 0 Å². The van der Waals surface area contributed by atoms with Crippen LogP contribution in [0.5, 0.6) is 0 Å². The molecule has 1 amide bonds. The Balaban J connectivity index is 2.19. The number of tetrazole rings is 1. The van der Waals surface area contributed by atoms with Crippen LogP contribution < -0.4 is 4.90 Å². The zero-order valence-electron chi connectivity index (χ0n) is 10.7. The van der Waals surface area contributed by atoms with Crippen molar-refractivity contribution in [2.24, 2.45) is 0 Å². The third-order valence-electron chi connectivity index (χ3n) is 2.70. The Hall–Kier alpha value is -2.16. The van der Waals surface area contributed by atoms with Gasteiger partial charge in [-0.3, -0.25) is 4.79 Å². The molecule has 0 aliphatic carbocycles. The lowest BCUT2D eigenvalue weighted by Gasteiger charge is -2.19. The second-order valence-electron chi connectivity index (χ2n) is 4.12. The molecule has 0 saturated carbocycles. The van der Waals surface area contributed by atoms with Crippen molar-refractivity contribution in [1.82, 2.24) is 20.2 Å². The van der Waals surface area contributed by atoms with Crippen molar-refractivity contribution < 1.29 is 18.0 Å². The Bertz CT molecular complexity index is 644. The molecule has 0 atom stereocenters. The highest BCUT2D eigenvalue weighted by Crippen LogP contribution is 2.34. The zero-order valence-corrected chi connectivity index (χ0v) is 11.4. The van der Waals surface area contributed by atoms with Crippen molar-refractivity contribution in [3.63, 3.8) is 0 Å². The van der Waals surface area contributed by atoms with Crippen LogP contribution in [0.25, 0.3) is 0 Å². The van der Waals surface area contributed by atoms with Gasteiger partial charge in [-0.1, -0.05) is 11.6 Å².